The van der Waals surface area contributed by atoms with E-state index in [2.05, 4.69) is 28.5 Å². The first-order chi connectivity index (χ1) is 22.7. The molecule has 0 aromatic heterocycles. The van der Waals surface area contributed by atoms with Gasteiger partial charge < -0.3 is 20.3 Å². The van der Waals surface area contributed by atoms with Crippen LogP contribution in [0.15, 0.2) is 91.0 Å². The number of nitrogens with one attached hydrogen (secondary N) is 2. The van der Waals surface area contributed by atoms with E-state index < -0.39 is 24.5 Å². The normalized spacial score (nSPS) is 16.8. The molecule has 2 unspecified atom stereocenters. The Morgan fingerprint density at radius 3 is 2.43 bits per heavy atom. The van der Waals surface area contributed by atoms with Gasteiger partial charge in [0.05, 0.1) is 11.5 Å². The Labute approximate surface area is 272 Å². The summed E-state index contributed by atoms with van der Waals surface area (Å²) in [4.78, 5) is 29.2. The number of nitrogens with zero attached hydrogens (tertiary/aromatic N) is 1. The lowest BCUT2D eigenvalue weighted by Crippen LogP contribution is -2.38. The first-order valence-corrected chi connectivity index (χ1v) is 16.2. The van der Waals surface area contributed by atoms with Crippen LogP contribution in [0.25, 0.3) is 11.1 Å². The lowest BCUT2D eigenvalue weighted by Gasteiger charge is -2.26. The lowest BCUT2D eigenvalue weighted by atomic mass is 9.88. The number of fused-ring (bicyclic) bond motifs is 3. The molecule has 0 bridgehead atoms. The second-order valence-electron chi connectivity index (χ2n) is 12.2. The number of ether oxygens (including phenoxy) is 1. The molecule has 0 radical (unpaired) electrons. The van der Waals surface area contributed by atoms with Gasteiger partial charge in [0.1, 0.15) is 18.0 Å². The second-order valence-corrected chi connectivity index (χ2v) is 12.2. The smallest absolute Gasteiger partial charge is 0.405 e. The molecule has 0 saturated carbocycles. The first-order valence-electron chi connectivity index (χ1n) is 16.2. The number of carbonyl (C=O) groups excluding carboxylic acids is 2. The molecule has 0 spiro atoms. The van der Waals surface area contributed by atoms with Gasteiger partial charge in [-0.2, -0.15) is 13.2 Å². The van der Waals surface area contributed by atoms with E-state index in [9.17, 15) is 22.8 Å². The number of alkyl halides is 3. The summed E-state index contributed by atoms with van der Waals surface area (Å²) in [6.07, 6.45) is -0.210. The molecule has 9 heteroatoms. The molecule has 1 saturated heterocycles. The fraction of sp³-hybridized carbons (Fsp3) is 0.316. The third-order valence-electron chi connectivity index (χ3n) is 8.91. The Balaban J connectivity index is 1.26. The van der Waals surface area contributed by atoms with Crippen LogP contribution in [0, 0.1) is 0 Å². The average Bonchev–Trinajstić information content (AvgIpc) is 3.67. The molecule has 47 heavy (non-hydrogen) atoms. The molecule has 1 aliphatic heterocycles. The van der Waals surface area contributed by atoms with Gasteiger partial charge in [-0.1, -0.05) is 80.4 Å². The Bertz CT molecular complexity index is 1740. The van der Waals surface area contributed by atoms with Crippen molar-refractivity contribution in [3.05, 3.63) is 113 Å². The zero-order valence-corrected chi connectivity index (χ0v) is 26.3. The largest absolute Gasteiger partial charge is 0.457 e. The van der Waals surface area contributed by atoms with Gasteiger partial charge in [-0.3, -0.25) is 9.59 Å². The minimum Gasteiger partial charge on any atom is -0.457 e. The topological polar surface area (TPSA) is 70.7 Å². The second kappa shape index (κ2) is 13.9. The lowest BCUT2D eigenvalue weighted by molar-refractivity contribution is -0.138. The Hall–Kier alpha value is -4.79. The van der Waals surface area contributed by atoms with Gasteiger partial charge in [-0.25, -0.2) is 0 Å². The molecule has 2 atom stereocenters. The number of benzene rings is 4. The molecule has 244 valence electrons. The highest BCUT2D eigenvalue weighted by atomic mass is 19.4. The Morgan fingerprint density at radius 1 is 0.894 bits per heavy atom. The minimum absolute atomic E-state index is 0.132. The van der Waals surface area contributed by atoms with Gasteiger partial charge in [0.2, 0.25) is 5.91 Å². The maximum atomic E-state index is 13.5. The van der Waals surface area contributed by atoms with E-state index in [1.807, 2.05) is 66.7 Å². The molecule has 1 heterocycles. The Kier molecular flexibility index (Phi) is 9.52. The Morgan fingerprint density at radius 2 is 1.64 bits per heavy atom. The summed E-state index contributed by atoms with van der Waals surface area (Å²) in [7, 11) is 0. The van der Waals surface area contributed by atoms with Crippen molar-refractivity contribution >= 4 is 17.5 Å². The van der Waals surface area contributed by atoms with Crippen LogP contribution < -0.4 is 20.3 Å². The van der Waals surface area contributed by atoms with Crippen molar-refractivity contribution in [3.63, 3.8) is 0 Å². The van der Waals surface area contributed by atoms with Crippen LogP contribution >= 0.6 is 0 Å². The molecule has 4 aromatic carbocycles. The number of unbranched alkanes of at least 4 members (excludes halogenated alkanes) is 2. The monoisotopic (exact) mass is 641 g/mol. The maximum Gasteiger partial charge on any atom is 0.405 e. The molecule has 1 fully saturated rings. The SMILES string of the molecule is CCCCCc1c(N2CCC(NC(=O)c3ccccc3Oc3ccccc3)C2)ccc2c1C(C(=O)NCC(F)(F)F)c1ccccc1-2. The highest BCUT2D eigenvalue weighted by molar-refractivity contribution is 5.98. The van der Waals surface area contributed by atoms with E-state index in [1.165, 1.54) is 0 Å². The van der Waals surface area contributed by atoms with Crippen molar-refractivity contribution in [2.24, 2.45) is 0 Å². The van der Waals surface area contributed by atoms with Gasteiger partial charge in [0.15, 0.2) is 0 Å². The van der Waals surface area contributed by atoms with Crippen molar-refractivity contribution < 1.29 is 27.5 Å². The summed E-state index contributed by atoms with van der Waals surface area (Å²) >= 11 is 0. The number of rotatable bonds is 11. The summed E-state index contributed by atoms with van der Waals surface area (Å²) in [5, 5.41) is 5.34. The zero-order valence-electron chi connectivity index (χ0n) is 26.3. The third-order valence-corrected chi connectivity index (χ3v) is 8.91. The van der Waals surface area contributed by atoms with E-state index in [0.717, 1.165) is 52.8 Å². The van der Waals surface area contributed by atoms with Crippen LogP contribution in [-0.2, 0) is 11.2 Å². The maximum absolute atomic E-state index is 13.5. The van der Waals surface area contributed by atoms with Crippen LogP contribution in [0.4, 0.5) is 18.9 Å². The van der Waals surface area contributed by atoms with Gasteiger partial charge in [0.25, 0.3) is 5.91 Å². The van der Waals surface area contributed by atoms with Crippen molar-refractivity contribution in [2.75, 3.05) is 24.5 Å². The van der Waals surface area contributed by atoms with Crippen molar-refractivity contribution in [3.8, 4) is 22.6 Å². The molecular weight excluding hydrogens is 603 g/mol. The molecule has 2 N–H and O–H groups in total. The number of amides is 2. The summed E-state index contributed by atoms with van der Waals surface area (Å²) in [6.45, 7) is 1.99. The summed E-state index contributed by atoms with van der Waals surface area (Å²) in [5.41, 5.74) is 5.68. The highest BCUT2D eigenvalue weighted by Crippen LogP contribution is 2.49. The van der Waals surface area contributed by atoms with Crippen LogP contribution in [0.2, 0.25) is 0 Å². The number of anilines is 1. The van der Waals surface area contributed by atoms with Gasteiger partial charge in [-0.15, -0.1) is 0 Å². The van der Waals surface area contributed by atoms with Crippen LogP contribution in [0.3, 0.4) is 0 Å². The third kappa shape index (κ3) is 7.14. The zero-order chi connectivity index (χ0) is 33.0. The summed E-state index contributed by atoms with van der Waals surface area (Å²) in [5.74, 6) is -0.598. The van der Waals surface area contributed by atoms with Crippen molar-refractivity contribution in [1.29, 1.82) is 0 Å². The summed E-state index contributed by atoms with van der Waals surface area (Å²) < 4.78 is 45.5. The van der Waals surface area contributed by atoms with E-state index in [1.54, 1.807) is 18.2 Å². The number of halogens is 3. The quantitative estimate of drug-likeness (QED) is 0.163. The van der Waals surface area contributed by atoms with E-state index >= 15 is 0 Å². The summed E-state index contributed by atoms with van der Waals surface area (Å²) in [6, 6.07) is 27.9. The van der Waals surface area contributed by atoms with E-state index in [4.69, 9.17) is 4.74 Å². The average molecular weight is 642 g/mol. The highest BCUT2D eigenvalue weighted by Gasteiger charge is 2.39. The standard InChI is InChI=1S/C38H38F3N3O3/c1-2-3-5-16-30-32(20-19-29-27-14-8-9-15-28(27)35(34(29)30)37(46)42-24-38(39,40)41)44-22-21-25(23-44)43-36(45)31-17-10-11-18-33(31)47-26-12-6-4-7-13-26/h4,6-15,17-20,25,35H,2-3,5,16,21-24H2,1H3,(H,42,46)(H,43,45). The van der Waals surface area contributed by atoms with Crippen LogP contribution in [0.1, 0.15) is 65.6 Å². The minimum atomic E-state index is -4.51. The van der Waals surface area contributed by atoms with Crippen LogP contribution in [0.5, 0.6) is 11.5 Å². The molecule has 6 rings (SSSR count). The van der Waals surface area contributed by atoms with Crippen LogP contribution in [-0.4, -0.2) is 43.7 Å². The van der Waals surface area contributed by atoms with Gasteiger partial charge >= 0.3 is 6.18 Å². The number of para-hydroxylation sites is 2. The van der Waals surface area contributed by atoms with Crippen molar-refractivity contribution in [1.82, 2.24) is 10.6 Å². The van der Waals surface area contributed by atoms with Gasteiger partial charge in [0, 0.05) is 24.8 Å². The number of hydrogen-bond donors (Lipinski definition) is 2. The van der Waals surface area contributed by atoms with Crippen molar-refractivity contribution in [2.45, 2.75) is 57.2 Å². The molecule has 6 nitrogen and oxygen atoms in total. The fourth-order valence-electron chi connectivity index (χ4n) is 6.76. The molecule has 2 amide bonds. The van der Waals surface area contributed by atoms with E-state index in [-0.39, 0.29) is 11.9 Å². The first kappa shape index (κ1) is 32.2. The number of hydrogen-bond acceptors (Lipinski definition) is 4. The predicted molar refractivity (Wildman–Crippen MR) is 177 cm³/mol. The molecular formula is C38H38F3N3O3. The fourth-order valence-corrected chi connectivity index (χ4v) is 6.76. The number of carbonyl (C=O) groups is 2. The van der Waals surface area contributed by atoms with Gasteiger partial charge in [-0.05, 0) is 77.4 Å². The molecule has 1 aliphatic carbocycles. The molecule has 2 aliphatic rings. The predicted octanol–water partition coefficient (Wildman–Crippen LogP) is 8.01. The molecule has 4 aromatic rings. The van der Waals surface area contributed by atoms with E-state index in [0.29, 0.717) is 43.0 Å².